The first-order valence-electron chi connectivity index (χ1n) is 8.21. The van der Waals surface area contributed by atoms with Crippen molar-refractivity contribution in [3.8, 4) is 0 Å². The van der Waals surface area contributed by atoms with Crippen LogP contribution in [-0.2, 0) is 0 Å². The molecule has 1 unspecified atom stereocenters. The van der Waals surface area contributed by atoms with E-state index in [2.05, 4.69) is 37.5 Å². The molecule has 1 heterocycles. The summed E-state index contributed by atoms with van der Waals surface area (Å²) in [4.78, 5) is 5.34. The lowest BCUT2D eigenvalue weighted by Gasteiger charge is -2.57. The van der Waals surface area contributed by atoms with Gasteiger partial charge in [0.15, 0.2) is 0 Å². The maximum absolute atomic E-state index is 6.13. The molecule has 2 rings (SSSR count). The highest BCUT2D eigenvalue weighted by atomic mass is 15.3. The van der Waals surface area contributed by atoms with E-state index in [9.17, 15) is 0 Å². The molecule has 0 bridgehead atoms. The summed E-state index contributed by atoms with van der Waals surface area (Å²) >= 11 is 0. The average molecular weight is 267 g/mol. The highest BCUT2D eigenvalue weighted by molar-refractivity contribution is 5.05. The van der Waals surface area contributed by atoms with Crippen molar-refractivity contribution in [1.29, 1.82) is 0 Å². The van der Waals surface area contributed by atoms with Crippen molar-refractivity contribution in [2.75, 3.05) is 32.7 Å². The summed E-state index contributed by atoms with van der Waals surface area (Å²) in [6, 6.07) is 0.737. The first kappa shape index (κ1) is 15.3. The zero-order valence-corrected chi connectivity index (χ0v) is 13.4. The Kier molecular flexibility index (Phi) is 4.91. The van der Waals surface area contributed by atoms with Crippen LogP contribution in [0.3, 0.4) is 0 Å². The highest BCUT2D eigenvalue weighted by Crippen LogP contribution is 2.45. The fourth-order valence-electron chi connectivity index (χ4n) is 3.84. The first-order chi connectivity index (χ1) is 9.02. The second-order valence-corrected chi connectivity index (χ2v) is 7.12. The summed E-state index contributed by atoms with van der Waals surface area (Å²) in [5.41, 5.74) is 6.47. The van der Waals surface area contributed by atoms with Gasteiger partial charge in [-0.2, -0.15) is 0 Å². The zero-order valence-electron chi connectivity index (χ0n) is 13.4. The lowest BCUT2D eigenvalue weighted by molar-refractivity contribution is -0.0613. The number of hydrogen-bond acceptors (Lipinski definition) is 3. The Labute approximate surface area is 119 Å². The molecule has 0 amide bonds. The third kappa shape index (κ3) is 2.98. The fourth-order valence-corrected chi connectivity index (χ4v) is 3.84. The summed E-state index contributed by atoms with van der Waals surface area (Å²) in [5, 5.41) is 0. The van der Waals surface area contributed by atoms with Crippen LogP contribution in [0.1, 0.15) is 47.0 Å². The van der Waals surface area contributed by atoms with E-state index in [1.807, 2.05) is 0 Å². The van der Waals surface area contributed by atoms with Crippen LogP contribution in [-0.4, -0.2) is 54.1 Å². The maximum atomic E-state index is 6.13. The van der Waals surface area contributed by atoms with E-state index in [1.54, 1.807) is 0 Å². The standard InChI is InChI=1S/C16H33N3/c1-5-14(4)18-6-8-19(9-7-18)16(12-17)10-15(11-16)13(2)3/h13-15H,5-12,17H2,1-4H3. The number of nitrogens with two attached hydrogens (primary N) is 1. The number of hydrogen-bond donors (Lipinski definition) is 1. The van der Waals surface area contributed by atoms with E-state index in [-0.39, 0.29) is 0 Å². The van der Waals surface area contributed by atoms with E-state index >= 15 is 0 Å². The van der Waals surface area contributed by atoms with E-state index in [1.165, 1.54) is 45.4 Å². The van der Waals surface area contributed by atoms with Gasteiger partial charge in [0.2, 0.25) is 0 Å². The third-order valence-electron chi connectivity index (χ3n) is 5.81. The minimum absolute atomic E-state index is 0.344. The molecule has 1 atom stereocenters. The fraction of sp³-hybridized carbons (Fsp3) is 1.00. The average Bonchev–Trinajstić information content (AvgIpc) is 2.37. The lowest BCUT2D eigenvalue weighted by Crippen LogP contribution is -2.66. The van der Waals surface area contributed by atoms with Gasteiger partial charge in [0.05, 0.1) is 0 Å². The molecular weight excluding hydrogens is 234 g/mol. The molecular formula is C16H33N3. The van der Waals surface area contributed by atoms with Gasteiger partial charge < -0.3 is 5.73 Å². The van der Waals surface area contributed by atoms with E-state index in [4.69, 9.17) is 5.73 Å². The van der Waals surface area contributed by atoms with Crippen molar-refractivity contribution in [1.82, 2.24) is 9.80 Å². The van der Waals surface area contributed by atoms with Crippen LogP contribution in [0.2, 0.25) is 0 Å². The van der Waals surface area contributed by atoms with Crippen LogP contribution in [0.4, 0.5) is 0 Å². The molecule has 0 radical (unpaired) electrons. The predicted molar refractivity (Wildman–Crippen MR) is 82.2 cm³/mol. The van der Waals surface area contributed by atoms with Crippen LogP contribution in [0.5, 0.6) is 0 Å². The van der Waals surface area contributed by atoms with Gasteiger partial charge in [0, 0.05) is 44.3 Å². The smallest absolute Gasteiger partial charge is 0.0338 e. The van der Waals surface area contributed by atoms with Gasteiger partial charge in [-0.05, 0) is 38.0 Å². The van der Waals surface area contributed by atoms with Crippen molar-refractivity contribution in [3.05, 3.63) is 0 Å². The second-order valence-electron chi connectivity index (χ2n) is 7.12. The van der Waals surface area contributed by atoms with Crippen molar-refractivity contribution in [2.45, 2.75) is 58.5 Å². The molecule has 2 N–H and O–H groups in total. The van der Waals surface area contributed by atoms with Crippen LogP contribution < -0.4 is 5.73 Å². The highest BCUT2D eigenvalue weighted by Gasteiger charge is 2.48. The van der Waals surface area contributed by atoms with E-state index in [0.717, 1.165) is 24.4 Å². The molecule has 3 heteroatoms. The summed E-state index contributed by atoms with van der Waals surface area (Å²) in [6.45, 7) is 15.1. The Morgan fingerprint density at radius 1 is 1.11 bits per heavy atom. The minimum atomic E-state index is 0.344. The Morgan fingerprint density at radius 3 is 2.11 bits per heavy atom. The summed E-state index contributed by atoms with van der Waals surface area (Å²) in [7, 11) is 0. The first-order valence-corrected chi connectivity index (χ1v) is 8.21. The van der Waals surface area contributed by atoms with Gasteiger partial charge >= 0.3 is 0 Å². The van der Waals surface area contributed by atoms with Gasteiger partial charge in [-0.3, -0.25) is 9.80 Å². The number of nitrogens with zero attached hydrogens (tertiary/aromatic N) is 2. The Bertz CT molecular complexity index is 276. The van der Waals surface area contributed by atoms with Crippen LogP contribution in [0.15, 0.2) is 0 Å². The van der Waals surface area contributed by atoms with Gasteiger partial charge in [-0.15, -0.1) is 0 Å². The van der Waals surface area contributed by atoms with Crippen molar-refractivity contribution in [2.24, 2.45) is 17.6 Å². The molecule has 2 fully saturated rings. The molecule has 1 aliphatic carbocycles. The van der Waals surface area contributed by atoms with Crippen molar-refractivity contribution in [3.63, 3.8) is 0 Å². The van der Waals surface area contributed by atoms with Crippen molar-refractivity contribution < 1.29 is 0 Å². The third-order valence-corrected chi connectivity index (χ3v) is 5.81. The number of rotatable bonds is 5. The summed E-state index contributed by atoms with van der Waals surface area (Å²) < 4.78 is 0. The van der Waals surface area contributed by atoms with Crippen LogP contribution in [0.25, 0.3) is 0 Å². The zero-order chi connectivity index (χ0) is 14.0. The molecule has 3 nitrogen and oxygen atoms in total. The molecule has 112 valence electrons. The molecule has 0 aromatic heterocycles. The lowest BCUT2D eigenvalue weighted by atomic mass is 9.63. The van der Waals surface area contributed by atoms with Crippen LogP contribution in [0, 0.1) is 11.8 Å². The van der Waals surface area contributed by atoms with Gasteiger partial charge in [-0.25, -0.2) is 0 Å². The molecule has 0 spiro atoms. The van der Waals surface area contributed by atoms with Crippen molar-refractivity contribution >= 4 is 0 Å². The molecule has 19 heavy (non-hydrogen) atoms. The van der Waals surface area contributed by atoms with E-state index in [0.29, 0.717) is 5.54 Å². The molecule has 1 saturated carbocycles. The van der Waals surface area contributed by atoms with Gasteiger partial charge in [-0.1, -0.05) is 20.8 Å². The summed E-state index contributed by atoms with van der Waals surface area (Å²) in [5.74, 6) is 1.72. The monoisotopic (exact) mass is 267 g/mol. The largest absolute Gasteiger partial charge is 0.329 e. The Balaban J connectivity index is 1.87. The van der Waals surface area contributed by atoms with E-state index < -0.39 is 0 Å². The maximum Gasteiger partial charge on any atom is 0.0338 e. The molecule has 0 aromatic rings. The molecule has 0 aromatic carbocycles. The quantitative estimate of drug-likeness (QED) is 0.828. The van der Waals surface area contributed by atoms with Gasteiger partial charge in [0.25, 0.3) is 0 Å². The number of piperazine rings is 1. The molecule has 1 saturated heterocycles. The van der Waals surface area contributed by atoms with Gasteiger partial charge in [0.1, 0.15) is 0 Å². The normalized spacial score (nSPS) is 35.4. The predicted octanol–water partition coefficient (Wildman–Crippen LogP) is 2.17. The summed E-state index contributed by atoms with van der Waals surface area (Å²) in [6.07, 6.45) is 3.91. The topological polar surface area (TPSA) is 32.5 Å². The Hall–Kier alpha value is -0.120. The Morgan fingerprint density at radius 2 is 1.68 bits per heavy atom. The molecule has 1 aliphatic heterocycles. The van der Waals surface area contributed by atoms with Crippen LogP contribution >= 0.6 is 0 Å². The second kappa shape index (κ2) is 6.11. The SMILES string of the molecule is CCC(C)N1CCN(C2(CN)CC(C(C)C)C2)CC1. The minimum Gasteiger partial charge on any atom is -0.329 e. The molecule has 2 aliphatic rings.